The van der Waals surface area contributed by atoms with Crippen molar-refractivity contribution in [3.8, 4) is 11.6 Å². The molecule has 1 atom stereocenters. The summed E-state index contributed by atoms with van der Waals surface area (Å²) in [5.74, 6) is 1.22. The second-order valence-electron chi connectivity index (χ2n) is 9.91. The Morgan fingerprint density at radius 2 is 1.90 bits per heavy atom. The molecule has 1 unspecified atom stereocenters. The summed E-state index contributed by atoms with van der Waals surface area (Å²) in [5, 5.41) is 7.07. The van der Waals surface area contributed by atoms with Crippen molar-refractivity contribution in [1.82, 2.24) is 19.8 Å². The van der Waals surface area contributed by atoms with E-state index >= 15 is 0 Å². The molecule has 3 heterocycles. The zero-order chi connectivity index (χ0) is 27.2. The van der Waals surface area contributed by atoms with E-state index in [1.807, 2.05) is 41.3 Å². The third-order valence-electron chi connectivity index (χ3n) is 7.03. The standard InChI is InChI=1S/C29H34ClN7O2/c1-3-27(38)37-13-5-7-23(20-37)32-22-6-4-8-25(18-22)39-28-26(30)19-31-29(34-28)33-21-9-11-24(12-10-21)36-16-14-35(2)15-17-36/h3-4,6,8-12,18-19,23,32H,1,5,7,13-17,20H2,2H3,(H,31,33,34). The number of ether oxygens (including phenoxy) is 1. The van der Waals surface area contributed by atoms with E-state index in [1.54, 1.807) is 0 Å². The molecule has 2 aromatic carbocycles. The quantitative estimate of drug-likeness (QED) is 0.381. The highest BCUT2D eigenvalue weighted by Gasteiger charge is 2.22. The normalized spacial score (nSPS) is 17.9. The number of carbonyl (C=O) groups excluding carboxylic acids is 1. The maximum absolute atomic E-state index is 12.0. The fourth-order valence-corrected chi connectivity index (χ4v) is 4.98. The Bertz CT molecular complexity index is 1300. The summed E-state index contributed by atoms with van der Waals surface area (Å²) in [7, 11) is 2.15. The van der Waals surface area contributed by atoms with Gasteiger partial charge in [-0.25, -0.2) is 4.98 Å². The summed E-state index contributed by atoms with van der Waals surface area (Å²) in [6.07, 6.45) is 4.82. The number of likely N-dealkylation sites (N-methyl/N-ethyl adjacent to an activating group) is 1. The number of benzene rings is 2. The summed E-state index contributed by atoms with van der Waals surface area (Å²) in [5.41, 5.74) is 2.98. The summed E-state index contributed by atoms with van der Waals surface area (Å²) >= 11 is 6.37. The van der Waals surface area contributed by atoms with Crippen molar-refractivity contribution >= 4 is 40.5 Å². The molecule has 39 heavy (non-hydrogen) atoms. The molecule has 0 saturated carbocycles. The van der Waals surface area contributed by atoms with Crippen LogP contribution in [-0.4, -0.2) is 78.0 Å². The molecule has 0 aliphatic carbocycles. The van der Waals surface area contributed by atoms with Gasteiger partial charge in [0.05, 0.1) is 6.20 Å². The van der Waals surface area contributed by atoms with Crippen LogP contribution in [0.25, 0.3) is 0 Å². The first-order chi connectivity index (χ1) is 19.0. The largest absolute Gasteiger partial charge is 0.437 e. The van der Waals surface area contributed by atoms with E-state index in [-0.39, 0.29) is 17.8 Å². The van der Waals surface area contributed by atoms with Gasteiger partial charge in [-0.1, -0.05) is 24.2 Å². The molecule has 0 spiro atoms. The van der Waals surface area contributed by atoms with Crippen molar-refractivity contribution in [2.45, 2.75) is 18.9 Å². The predicted octanol–water partition coefficient (Wildman–Crippen LogP) is 5.01. The number of amides is 1. The van der Waals surface area contributed by atoms with Crippen molar-refractivity contribution < 1.29 is 9.53 Å². The zero-order valence-electron chi connectivity index (χ0n) is 22.1. The Labute approximate surface area is 234 Å². The molecule has 3 aromatic rings. The number of piperazine rings is 1. The molecule has 0 radical (unpaired) electrons. The van der Waals surface area contributed by atoms with E-state index in [1.165, 1.54) is 18.0 Å². The summed E-state index contributed by atoms with van der Waals surface area (Å²) in [6, 6.07) is 16.0. The van der Waals surface area contributed by atoms with Gasteiger partial charge in [-0.15, -0.1) is 0 Å². The van der Waals surface area contributed by atoms with E-state index in [9.17, 15) is 4.79 Å². The highest BCUT2D eigenvalue weighted by Crippen LogP contribution is 2.30. The molecule has 1 aromatic heterocycles. The van der Waals surface area contributed by atoms with Gasteiger partial charge in [0.15, 0.2) is 0 Å². The molecule has 0 bridgehead atoms. The summed E-state index contributed by atoms with van der Waals surface area (Å²) < 4.78 is 6.05. The first-order valence-electron chi connectivity index (χ1n) is 13.3. The first kappa shape index (κ1) is 26.8. The van der Waals surface area contributed by atoms with Crippen LogP contribution in [0.3, 0.4) is 0 Å². The smallest absolute Gasteiger partial charge is 0.246 e. The Hall–Kier alpha value is -3.82. The number of hydrogen-bond acceptors (Lipinski definition) is 8. The Balaban J connectivity index is 1.22. The second kappa shape index (κ2) is 12.4. The Morgan fingerprint density at radius 3 is 2.67 bits per heavy atom. The maximum atomic E-state index is 12.0. The fourth-order valence-electron chi connectivity index (χ4n) is 4.85. The Kier molecular flexibility index (Phi) is 8.48. The fraction of sp³-hybridized carbons (Fsp3) is 0.345. The predicted molar refractivity (Wildman–Crippen MR) is 156 cm³/mol. The van der Waals surface area contributed by atoms with Crippen LogP contribution in [0.1, 0.15) is 12.8 Å². The summed E-state index contributed by atoms with van der Waals surface area (Å²) in [4.78, 5) is 27.4. The van der Waals surface area contributed by atoms with Crippen molar-refractivity contribution in [3.05, 3.63) is 72.4 Å². The number of hydrogen-bond donors (Lipinski definition) is 2. The molecular weight excluding hydrogens is 514 g/mol. The van der Waals surface area contributed by atoms with E-state index in [0.29, 0.717) is 23.3 Å². The number of aromatic nitrogens is 2. The van der Waals surface area contributed by atoms with Gasteiger partial charge < -0.3 is 30.1 Å². The van der Waals surface area contributed by atoms with Crippen LogP contribution in [0.15, 0.2) is 67.4 Å². The summed E-state index contributed by atoms with van der Waals surface area (Å²) in [6.45, 7) is 9.17. The van der Waals surface area contributed by atoms with Crippen molar-refractivity contribution in [2.75, 3.05) is 61.8 Å². The lowest BCUT2D eigenvalue weighted by molar-refractivity contribution is -0.127. The number of carbonyl (C=O) groups is 1. The highest BCUT2D eigenvalue weighted by atomic mass is 35.5. The lowest BCUT2D eigenvalue weighted by Crippen LogP contribution is -2.44. The van der Waals surface area contributed by atoms with E-state index in [4.69, 9.17) is 16.3 Å². The molecule has 2 aliphatic heterocycles. The third kappa shape index (κ3) is 6.99. The lowest BCUT2D eigenvalue weighted by atomic mass is 10.1. The minimum absolute atomic E-state index is 0.0348. The monoisotopic (exact) mass is 547 g/mol. The molecule has 204 valence electrons. The molecule has 5 rings (SSSR count). The van der Waals surface area contributed by atoms with E-state index in [2.05, 4.69) is 56.2 Å². The second-order valence-corrected chi connectivity index (χ2v) is 10.3. The SMILES string of the molecule is C=CC(=O)N1CCCC(Nc2cccc(Oc3nc(Nc4ccc(N5CCN(C)CC5)cc4)ncc3Cl)c2)C1. The minimum atomic E-state index is -0.0348. The van der Waals surface area contributed by atoms with Crippen molar-refractivity contribution in [3.63, 3.8) is 0 Å². The molecule has 2 saturated heterocycles. The van der Waals surface area contributed by atoms with Crippen molar-refractivity contribution in [2.24, 2.45) is 0 Å². The number of nitrogens with one attached hydrogen (secondary N) is 2. The van der Waals surface area contributed by atoms with Gasteiger partial charge in [0, 0.05) is 68.4 Å². The maximum Gasteiger partial charge on any atom is 0.246 e. The van der Waals surface area contributed by atoms with Gasteiger partial charge in [0.1, 0.15) is 10.8 Å². The molecular formula is C29H34ClN7O2. The number of likely N-dealkylation sites (tertiary alicyclic amines) is 1. The van der Waals surface area contributed by atoms with Crippen LogP contribution in [-0.2, 0) is 4.79 Å². The van der Waals surface area contributed by atoms with Crippen LogP contribution >= 0.6 is 11.6 Å². The minimum Gasteiger partial charge on any atom is -0.437 e. The van der Waals surface area contributed by atoms with Crippen LogP contribution in [0.4, 0.5) is 23.0 Å². The number of anilines is 4. The lowest BCUT2D eigenvalue weighted by Gasteiger charge is -2.34. The number of piperidine rings is 1. The first-order valence-corrected chi connectivity index (χ1v) is 13.6. The third-order valence-corrected chi connectivity index (χ3v) is 7.29. The van der Waals surface area contributed by atoms with Gasteiger partial charge in [0.25, 0.3) is 0 Å². The van der Waals surface area contributed by atoms with E-state index in [0.717, 1.165) is 56.9 Å². The molecule has 9 nitrogen and oxygen atoms in total. The topological polar surface area (TPSA) is 85.9 Å². The molecule has 1 amide bonds. The molecule has 2 aliphatic rings. The number of nitrogens with zero attached hydrogens (tertiary/aromatic N) is 5. The number of halogens is 1. The molecule has 2 fully saturated rings. The van der Waals surface area contributed by atoms with Gasteiger partial charge in [-0.05, 0) is 62.4 Å². The molecule has 10 heteroatoms. The van der Waals surface area contributed by atoms with E-state index < -0.39 is 0 Å². The van der Waals surface area contributed by atoms with Crippen LogP contribution in [0.2, 0.25) is 5.02 Å². The zero-order valence-corrected chi connectivity index (χ0v) is 22.9. The van der Waals surface area contributed by atoms with Crippen LogP contribution in [0, 0.1) is 0 Å². The van der Waals surface area contributed by atoms with Crippen LogP contribution in [0.5, 0.6) is 11.6 Å². The number of rotatable bonds is 8. The van der Waals surface area contributed by atoms with Gasteiger partial charge in [-0.3, -0.25) is 4.79 Å². The average Bonchev–Trinajstić information content (AvgIpc) is 2.96. The highest BCUT2D eigenvalue weighted by molar-refractivity contribution is 6.31. The van der Waals surface area contributed by atoms with Gasteiger partial charge in [0.2, 0.25) is 17.7 Å². The van der Waals surface area contributed by atoms with Gasteiger partial charge in [-0.2, -0.15) is 4.98 Å². The average molecular weight is 548 g/mol. The Morgan fingerprint density at radius 1 is 1.10 bits per heavy atom. The van der Waals surface area contributed by atoms with Crippen LogP contribution < -0.4 is 20.3 Å². The van der Waals surface area contributed by atoms with Crippen molar-refractivity contribution in [1.29, 1.82) is 0 Å². The van der Waals surface area contributed by atoms with Gasteiger partial charge >= 0.3 is 0 Å². The molecule has 2 N–H and O–H groups in total.